The highest BCUT2D eigenvalue weighted by Crippen LogP contribution is 2.23. The molecule has 0 aliphatic heterocycles. The maximum atomic E-state index is 12.1. The molecule has 0 spiro atoms. The van der Waals surface area contributed by atoms with Crippen molar-refractivity contribution in [2.24, 2.45) is 0 Å². The highest BCUT2D eigenvalue weighted by molar-refractivity contribution is 7.15. The fraction of sp³-hybridized carbons (Fsp3) is 0.0952. The number of hydrogen-bond donors (Lipinski definition) is 2. The fourth-order valence-electron chi connectivity index (χ4n) is 2.84. The molecule has 0 unspecified atom stereocenters. The van der Waals surface area contributed by atoms with Gasteiger partial charge < -0.3 is 10.6 Å². The Balaban J connectivity index is 1.34. The molecule has 0 radical (unpaired) electrons. The lowest BCUT2D eigenvalue weighted by molar-refractivity contribution is -0.115. The Morgan fingerprint density at radius 1 is 1.14 bits per heavy atom. The van der Waals surface area contributed by atoms with Gasteiger partial charge in [0, 0.05) is 34.6 Å². The quantitative estimate of drug-likeness (QED) is 0.545. The standard InChI is InChI=1S/C21H18N4O2S/c1-14-3-2-4-16(11-14)20(27)22-12-19(26)23-17-7-5-15(6-8-17)18-13-25-9-10-28-21(25)24-18/h2-11,13H,12H2,1H3,(H,22,27)(H,23,26). The van der Waals surface area contributed by atoms with Gasteiger partial charge in [0.1, 0.15) is 0 Å². The molecule has 2 aromatic carbocycles. The summed E-state index contributed by atoms with van der Waals surface area (Å²) in [5, 5.41) is 7.40. The van der Waals surface area contributed by atoms with Gasteiger partial charge in [-0.15, -0.1) is 11.3 Å². The van der Waals surface area contributed by atoms with Gasteiger partial charge in [-0.1, -0.05) is 29.8 Å². The van der Waals surface area contributed by atoms with Crippen LogP contribution < -0.4 is 10.6 Å². The number of benzene rings is 2. The number of anilines is 1. The third-order valence-electron chi connectivity index (χ3n) is 4.25. The third kappa shape index (κ3) is 3.94. The van der Waals surface area contributed by atoms with Gasteiger partial charge in [-0.05, 0) is 31.2 Å². The van der Waals surface area contributed by atoms with E-state index in [-0.39, 0.29) is 18.4 Å². The van der Waals surface area contributed by atoms with Crippen LogP contribution in [0.1, 0.15) is 15.9 Å². The number of imidazole rings is 1. The van der Waals surface area contributed by atoms with Crippen LogP contribution in [0.3, 0.4) is 0 Å². The molecular weight excluding hydrogens is 372 g/mol. The Morgan fingerprint density at radius 3 is 2.71 bits per heavy atom. The minimum absolute atomic E-state index is 0.0914. The van der Waals surface area contributed by atoms with Crippen LogP contribution in [0.25, 0.3) is 16.2 Å². The zero-order chi connectivity index (χ0) is 19.5. The van der Waals surface area contributed by atoms with Crippen molar-refractivity contribution in [3.8, 4) is 11.3 Å². The minimum atomic E-state index is -0.281. The van der Waals surface area contributed by atoms with Crippen LogP contribution in [0, 0.1) is 6.92 Å². The molecule has 6 nitrogen and oxygen atoms in total. The molecule has 4 rings (SSSR count). The number of carbonyl (C=O) groups excluding carboxylic acids is 2. The Bertz CT molecular complexity index is 1120. The van der Waals surface area contributed by atoms with Gasteiger partial charge in [-0.2, -0.15) is 0 Å². The van der Waals surface area contributed by atoms with Crippen LogP contribution in [-0.2, 0) is 4.79 Å². The summed E-state index contributed by atoms with van der Waals surface area (Å²) in [5.41, 5.74) is 4.06. The van der Waals surface area contributed by atoms with Crippen molar-refractivity contribution < 1.29 is 9.59 Å². The Morgan fingerprint density at radius 2 is 1.96 bits per heavy atom. The molecule has 0 aliphatic rings. The number of aromatic nitrogens is 2. The van der Waals surface area contributed by atoms with Crippen molar-refractivity contribution in [3.63, 3.8) is 0 Å². The molecule has 28 heavy (non-hydrogen) atoms. The van der Waals surface area contributed by atoms with Gasteiger partial charge in [0.2, 0.25) is 5.91 Å². The van der Waals surface area contributed by atoms with Gasteiger partial charge in [0.25, 0.3) is 5.91 Å². The SMILES string of the molecule is Cc1cccc(C(=O)NCC(=O)Nc2ccc(-c3cn4ccsc4n3)cc2)c1. The van der Waals surface area contributed by atoms with E-state index < -0.39 is 0 Å². The number of nitrogens with zero attached hydrogens (tertiary/aromatic N) is 2. The highest BCUT2D eigenvalue weighted by Gasteiger charge is 2.09. The normalized spacial score (nSPS) is 10.8. The lowest BCUT2D eigenvalue weighted by Crippen LogP contribution is -2.32. The van der Waals surface area contributed by atoms with Gasteiger partial charge in [0.05, 0.1) is 12.2 Å². The zero-order valence-electron chi connectivity index (χ0n) is 15.2. The molecule has 0 atom stereocenters. The van der Waals surface area contributed by atoms with Crippen LogP contribution in [0.5, 0.6) is 0 Å². The largest absolute Gasteiger partial charge is 0.343 e. The number of hydrogen-bond acceptors (Lipinski definition) is 4. The summed E-state index contributed by atoms with van der Waals surface area (Å²) in [6, 6.07) is 14.7. The number of amides is 2. The van der Waals surface area contributed by atoms with Crippen LogP contribution in [-0.4, -0.2) is 27.7 Å². The van der Waals surface area contributed by atoms with Crippen molar-refractivity contribution in [3.05, 3.63) is 77.4 Å². The van der Waals surface area contributed by atoms with Crippen molar-refractivity contribution in [1.29, 1.82) is 0 Å². The van der Waals surface area contributed by atoms with E-state index in [9.17, 15) is 9.59 Å². The summed E-state index contributed by atoms with van der Waals surface area (Å²) < 4.78 is 1.98. The summed E-state index contributed by atoms with van der Waals surface area (Å²) in [7, 11) is 0. The fourth-order valence-corrected chi connectivity index (χ4v) is 3.55. The third-order valence-corrected chi connectivity index (χ3v) is 5.02. The Hall–Kier alpha value is -3.45. The molecule has 0 bridgehead atoms. The Kier molecular flexibility index (Phi) is 4.90. The van der Waals surface area contributed by atoms with E-state index in [4.69, 9.17) is 0 Å². The Labute approximate surface area is 165 Å². The van der Waals surface area contributed by atoms with Gasteiger partial charge in [-0.3, -0.25) is 14.0 Å². The lowest BCUT2D eigenvalue weighted by Gasteiger charge is -2.08. The number of nitrogens with one attached hydrogen (secondary N) is 2. The smallest absolute Gasteiger partial charge is 0.251 e. The average Bonchev–Trinajstić information content (AvgIpc) is 3.29. The van der Waals surface area contributed by atoms with E-state index in [0.717, 1.165) is 21.8 Å². The van der Waals surface area contributed by atoms with Crippen LogP contribution >= 0.6 is 11.3 Å². The van der Waals surface area contributed by atoms with Crippen molar-refractivity contribution >= 4 is 33.8 Å². The second kappa shape index (κ2) is 7.66. The van der Waals surface area contributed by atoms with Crippen LogP contribution in [0.15, 0.2) is 66.3 Å². The minimum Gasteiger partial charge on any atom is -0.343 e. The first-order valence-electron chi connectivity index (χ1n) is 8.76. The van der Waals surface area contributed by atoms with E-state index in [0.29, 0.717) is 11.3 Å². The maximum Gasteiger partial charge on any atom is 0.251 e. The lowest BCUT2D eigenvalue weighted by atomic mass is 10.1. The summed E-state index contributed by atoms with van der Waals surface area (Å²) >= 11 is 1.58. The predicted molar refractivity (Wildman–Crippen MR) is 111 cm³/mol. The summed E-state index contributed by atoms with van der Waals surface area (Å²) in [6.45, 7) is 1.83. The van der Waals surface area contributed by atoms with E-state index in [1.165, 1.54) is 0 Å². The number of fused-ring (bicyclic) bond motifs is 1. The molecule has 2 amide bonds. The number of thiazole rings is 1. The summed E-state index contributed by atoms with van der Waals surface area (Å²) in [5.74, 6) is -0.551. The second-order valence-electron chi connectivity index (χ2n) is 6.40. The summed E-state index contributed by atoms with van der Waals surface area (Å²) in [6.07, 6.45) is 3.94. The van der Waals surface area contributed by atoms with Gasteiger partial charge in [0.15, 0.2) is 4.96 Å². The van der Waals surface area contributed by atoms with E-state index >= 15 is 0 Å². The molecule has 4 aromatic rings. The predicted octanol–water partition coefficient (Wildman–Crippen LogP) is 3.74. The van der Waals surface area contributed by atoms with Crippen LogP contribution in [0.2, 0.25) is 0 Å². The number of aryl methyl sites for hydroxylation is 1. The second-order valence-corrected chi connectivity index (χ2v) is 7.27. The maximum absolute atomic E-state index is 12.1. The molecule has 2 aromatic heterocycles. The monoisotopic (exact) mass is 390 g/mol. The van der Waals surface area contributed by atoms with E-state index in [2.05, 4.69) is 15.6 Å². The van der Waals surface area contributed by atoms with Gasteiger partial charge >= 0.3 is 0 Å². The molecule has 2 heterocycles. The highest BCUT2D eigenvalue weighted by atomic mass is 32.1. The molecule has 140 valence electrons. The first-order chi connectivity index (χ1) is 13.6. The molecule has 0 aliphatic carbocycles. The first kappa shape index (κ1) is 17.9. The van der Waals surface area contributed by atoms with Crippen molar-refractivity contribution in [2.45, 2.75) is 6.92 Å². The topological polar surface area (TPSA) is 75.5 Å². The summed E-state index contributed by atoms with van der Waals surface area (Å²) in [4.78, 5) is 29.7. The van der Waals surface area contributed by atoms with Gasteiger partial charge in [-0.25, -0.2) is 4.98 Å². The molecule has 7 heteroatoms. The molecule has 0 fully saturated rings. The molecule has 0 saturated carbocycles. The zero-order valence-corrected chi connectivity index (χ0v) is 16.0. The van der Waals surface area contributed by atoms with Crippen molar-refractivity contribution in [2.75, 3.05) is 11.9 Å². The number of rotatable bonds is 5. The molecule has 0 saturated heterocycles. The first-order valence-corrected chi connectivity index (χ1v) is 9.64. The van der Waals surface area contributed by atoms with E-state index in [1.807, 2.05) is 65.5 Å². The molecular formula is C21H18N4O2S. The number of carbonyl (C=O) groups is 2. The van der Waals surface area contributed by atoms with Crippen molar-refractivity contribution in [1.82, 2.24) is 14.7 Å². The average molecular weight is 390 g/mol. The van der Waals surface area contributed by atoms with Crippen LogP contribution in [0.4, 0.5) is 5.69 Å². The molecule has 2 N–H and O–H groups in total. The van der Waals surface area contributed by atoms with E-state index in [1.54, 1.807) is 23.5 Å².